The first-order valence-corrected chi connectivity index (χ1v) is 15.9. The molecule has 0 saturated carbocycles. The summed E-state index contributed by atoms with van der Waals surface area (Å²) in [5, 5.41) is 4.56. The first-order chi connectivity index (χ1) is 22.8. The fraction of sp³-hybridized carbons (Fsp3) is 0.119. The molecule has 0 aliphatic carbocycles. The topological polar surface area (TPSA) is 64.5 Å². The van der Waals surface area contributed by atoms with Crippen LogP contribution in [0.4, 0.5) is 0 Å². The smallest absolute Gasteiger partial charge is 0.182 e. The second-order valence-electron chi connectivity index (χ2n) is 13.1. The normalized spacial score (nSPS) is 11.8. The summed E-state index contributed by atoms with van der Waals surface area (Å²) in [7, 11) is 0. The van der Waals surface area contributed by atoms with Gasteiger partial charge in [-0.2, -0.15) is 0 Å². The standard InChI is InChI=1S/C42H33N5/c1-26-24-35(42(2,3)4)34-22-20-28-21-23-36(44-37(28)38(34)43-26)41-46-39(29-13-6-5-7-14-29)45-40(47-41)31-17-10-16-30(25-31)33-19-11-15-27-12-8-9-18-32(27)33/h5-25H,1-4H3. The monoisotopic (exact) mass is 607 g/mol. The lowest BCUT2D eigenvalue weighted by atomic mass is 9.84. The van der Waals surface area contributed by atoms with Crippen molar-refractivity contribution in [3.05, 3.63) is 139 Å². The molecule has 0 N–H and O–H groups in total. The molecule has 0 bridgehead atoms. The van der Waals surface area contributed by atoms with E-state index in [9.17, 15) is 0 Å². The Hall–Kier alpha value is -5.81. The highest BCUT2D eigenvalue weighted by atomic mass is 15.0. The Morgan fingerprint density at radius 3 is 1.94 bits per heavy atom. The number of hydrogen-bond acceptors (Lipinski definition) is 5. The van der Waals surface area contributed by atoms with Crippen LogP contribution in [0.3, 0.4) is 0 Å². The van der Waals surface area contributed by atoms with E-state index in [1.807, 2.05) is 43.3 Å². The first-order valence-electron chi connectivity index (χ1n) is 15.9. The molecule has 0 spiro atoms. The van der Waals surface area contributed by atoms with Crippen LogP contribution in [0.1, 0.15) is 32.0 Å². The van der Waals surface area contributed by atoms with Gasteiger partial charge < -0.3 is 0 Å². The molecule has 47 heavy (non-hydrogen) atoms. The maximum Gasteiger partial charge on any atom is 0.182 e. The zero-order valence-electron chi connectivity index (χ0n) is 26.9. The molecule has 0 aliphatic rings. The van der Waals surface area contributed by atoms with Gasteiger partial charge >= 0.3 is 0 Å². The Bertz CT molecular complexity index is 2450. The molecule has 5 nitrogen and oxygen atoms in total. The fourth-order valence-electron chi connectivity index (χ4n) is 6.38. The summed E-state index contributed by atoms with van der Waals surface area (Å²) in [5.41, 5.74) is 8.72. The molecule has 0 unspecified atom stereocenters. The van der Waals surface area contributed by atoms with Gasteiger partial charge in [0.25, 0.3) is 0 Å². The Labute approximate surface area is 274 Å². The van der Waals surface area contributed by atoms with Crippen LogP contribution >= 0.6 is 0 Å². The summed E-state index contributed by atoms with van der Waals surface area (Å²) in [6, 6.07) is 44.0. The summed E-state index contributed by atoms with van der Waals surface area (Å²) in [5.74, 6) is 1.72. The first kappa shape index (κ1) is 28.6. The van der Waals surface area contributed by atoms with E-state index >= 15 is 0 Å². The van der Waals surface area contributed by atoms with Crippen LogP contribution in [0.2, 0.25) is 0 Å². The highest BCUT2D eigenvalue weighted by Gasteiger charge is 2.20. The Morgan fingerprint density at radius 2 is 1.11 bits per heavy atom. The van der Waals surface area contributed by atoms with Crippen molar-refractivity contribution in [3.8, 4) is 45.4 Å². The van der Waals surface area contributed by atoms with Gasteiger partial charge in [-0.1, -0.05) is 130 Å². The largest absolute Gasteiger partial charge is 0.251 e. The van der Waals surface area contributed by atoms with Crippen molar-refractivity contribution in [1.82, 2.24) is 24.9 Å². The van der Waals surface area contributed by atoms with E-state index in [4.69, 9.17) is 24.9 Å². The van der Waals surface area contributed by atoms with Crippen molar-refractivity contribution in [2.75, 3.05) is 0 Å². The fourth-order valence-corrected chi connectivity index (χ4v) is 6.38. The van der Waals surface area contributed by atoms with Crippen LogP contribution in [-0.2, 0) is 5.41 Å². The summed E-state index contributed by atoms with van der Waals surface area (Å²) < 4.78 is 0. The third kappa shape index (κ3) is 5.30. The SMILES string of the molecule is Cc1cc(C(C)(C)C)c2ccc3ccc(-c4nc(-c5ccccc5)nc(-c5cccc(-c6cccc7ccccc67)c5)n4)nc3c2n1. The third-order valence-corrected chi connectivity index (χ3v) is 8.69. The summed E-state index contributed by atoms with van der Waals surface area (Å²) in [6.45, 7) is 8.76. The van der Waals surface area contributed by atoms with Gasteiger partial charge in [0.1, 0.15) is 5.69 Å². The van der Waals surface area contributed by atoms with Crippen molar-refractivity contribution < 1.29 is 0 Å². The molecule has 0 saturated heterocycles. The summed E-state index contributed by atoms with van der Waals surface area (Å²) in [6.07, 6.45) is 0. The number of aryl methyl sites for hydroxylation is 1. The minimum absolute atomic E-state index is 0.0362. The van der Waals surface area contributed by atoms with Gasteiger partial charge in [0.2, 0.25) is 0 Å². The number of hydrogen-bond donors (Lipinski definition) is 0. The van der Waals surface area contributed by atoms with Gasteiger partial charge in [-0.3, -0.25) is 4.98 Å². The molecule has 0 radical (unpaired) electrons. The second-order valence-corrected chi connectivity index (χ2v) is 13.1. The van der Waals surface area contributed by atoms with Gasteiger partial charge in [0, 0.05) is 27.6 Å². The predicted octanol–water partition coefficient (Wildman–Crippen LogP) is 10.4. The average molecular weight is 608 g/mol. The van der Waals surface area contributed by atoms with Gasteiger partial charge in [0.15, 0.2) is 17.5 Å². The highest BCUT2D eigenvalue weighted by molar-refractivity contribution is 6.05. The van der Waals surface area contributed by atoms with Crippen molar-refractivity contribution in [2.45, 2.75) is 33.1 Å². The maximum atomic E-state index is 5.19. The molecule has 0 amide bonds. The average Bonchev–Trinajstić information content (AvgIpc) is 3.10. The van der Waals surface area contributed by atoms with Gasteiger partial charge in [-0.25, -0.2) is 19.9 Å². The zero-order chi connectivity index (χ0) is 32.1. The number of benzene rings is 5. The van der Waals surface area contributed by atoms with Crippen molar-refractivity contribution >= 4 is 32.6 Å². The van der Waals surface area contributed by atoms with Gasteiger partial charge in [-0.05, 0) is 58.0 Å². The van der Waals surface area contributed by atoms with Crippen molar-refractivity contribution in [3.63, 3.8) is 0 Å². The third-order valence-electron chi connectivity index (χ3n) is 8.69. The molecular formula is C42H33N5. The zero-order valence-corrected chi connectivity index (χ0v) is 26.9. The number of fused-ring (bicyclic) bond motifs is 4. The molecule has 3 heterocycles. The highest BCUT2D eigenvalue weighted by Crippen LogP contribution is 2.35. The van der Waals surface area contributed by atoms with E-state index < -0.39 is 0 Å². The lowest BCUT2D eigenvalue weighted by molar-refractivity contribution is 0.594. The molecule has 8 aromatic rings. The quantitative estimate of drug-likeness (QED) is 0.186. The van der Waals surface area contributed by atoms with E-state index in [1.165, 1.54) is 21.9 Å². The minimum Gasteiger partial charge on any atom is -0.251 e. The van der Waals surface area contributed by atoms with E-state index in [1.54, 1.807) is 0 Å². The number of nitrogens with zero attached hydrogens (tertiary/aromatic N) is 5. The Kier molecular flexibility index (Phi) is 6.84. The van der Waals surface area contributed by atoms with E-state index in [0.29, 0.717) is 23.2 Å². The lowest BCUT2D eigenvalue weighted by Crippen LogP contribution is -2.12. The van der Waals surface area contributed by atoms with E-state index in [0.717, 1.165) is 44.2 Å². The van der Waals surface area contributed by atoms with Crippen LogP contribution in [0.5, 0.6) is 0 Å². The van der Waals surface area contributed by atoms with Crippen molar-refractivity contribution in [2.24, 2.45) is 0 Å². The lowest BCUT2D eigenvalue weighted by Gasteiger charge is -2.22. The molecule has 5 aromatic carbocycles. The van der Waals surface area contributed by atoms with Crippen LogP contribution < -0.4 is 0 Å². The molecule has 8 rings (SSSR count). The Morgan fingerprint density at radius 1 is 0.447 bits per heavy atom. The van der Waals surface area contributed by atoms with E-state index in [-0.39, 0.29) is 5.41 Å². The van der Waals surface area contributed by atoms with E-state index in [2.05, 4.69) is 112 Å². The molecule has 226 valence electrons. The molecule has 0 atom stereocenters. The molecular weight excluding hydrogens is 574 g/mol. The summed E-state index contributed by atoms with van der Waals surface area (Å²) >= 11 is 0. The maximum absolute atomic E-state index is 5.19. The predicted molar refractivity (Wildman–Crippen MR) is 193 cm³/mol. The molecule has 5 heteroatoms. The Balaban J connectivity index is 1.32. The second kappa shape index (κ2) is 11.2. The number of pyridine rings is 2. The van der Waals surface area contributed by atoms with Crippen LogP contribution in [0, 0.1) is 6.92 Å². The van der Waals surface area contributed by atoms with Crippen LogP contribution in [0.25, 0.3) is 78.0 Å². The summed E-state index contributed by atoms with van der Waals surface area (Å²) in [4.78, 5) is 25.2. The van der Waals surface area contributed by atoms with Crippen molar-refractivity contribution in [1.29, 1.82) is 0 Å². The van der Waals surface area contributed by atoms with Gasteiger partial charge in [0.05, 0.1) is 11.0 Å². The number of aromatic nitrogens is 5. The minimum atomic E-state index is -0.0362. The molecule has 3 aromatic heterocycles. The van der Waals surface area contributed by atoms with Gasteiger partial charge in [-0.15, -0.1) is 0 Å². The number of rotatable bonds is 4. The molecule has 0 fully saturated rings. The van der Waals surface area contributed by atoms with Crippen LogP contribution in [0.15, 0.2) is 127 Å². The van der Waals surface area contributed by atoms with Crippen LogP contribution in [-0.4, -0.2) is 24.9 Å². The molecule has 0 aliphatic heterocycles.